The van der Waals surface area contributed by atoms with Crippen molar-refractivity contribution in [3.8, 4) is 0 Å². The molecule has 0 saturated carbocycles. The molecule has 2 nitrogen and oxygen atoms in total. The minimum absolute atomic E-state index is 0.109. The average molecular weight is 790 g/mol. The number of quaternary nitrogens is 1. The van der Waals surface area contributed by atoms with Crippen molar-refractivity contribution in [3.63, 3.8) is 0 Å². The molecule has 1 atom stereocenters. The highest BCUT2D eigenvalue weighted by Crippen LogP contribution is 2.46. The van der Waals surface area contributed by atoms with E-state index < -0.39 is 0 Å². The van der Waals surface area contributed by atoms with Crippen molar-refractivity contribution in [3.05, 3.63) is 5.21 Å². The van der Waals surface area contributed by atoms with Crippen LogP contribution in [0.2, 0.25) is 0 Å². The van der Waals surface area contributed by atoms with E-state index in [-0.39, 0.29) is 11.0 Å². The fourth-order valence-corrected chi connectivity index (χ4v) is 10.2. The Morgan fingerprint density at radius 2 is 0.464 bits per heavy atom. The standard InChI is InChI=1S/C54H111NO/c1-7-12-16-20-24-28-32-36-40-44-48-53(6,49-45-41-37-33-29-25-21-17-13-8-2)54(55(56)52-11-5,50-46-42-38-34-30-26-22-18-14-9-3)51-47-43-39-35-31-27-23-19-15-10-4/h55H,7-52H2,1-6H3. The molecule has 0 saturated heterocycles. The van der Waals surface area contributed by atoms with Crippen LogP contribution < -0.4 is 5.06 Å². The Bertz CT molecular complexity index is 686. The van der Waals surface area contributed by atoms with Crippen molar-refractivity contribution in [2.75, 3.05) is 6.54 Å². The lowest BCUT2D eigenvalue weighted by Gasteiger charge is -2.55. The third-order valence-electron chi connectivity index (χ3n) is 14.2. The van der Waals surface area contributed by atoms with Gasteiger partial charge in [-0.1, -0.05) is 286 Å². The Kier molecular flexibility index (Phi) is 43.0. The molecule has 1 unspecified atom stereocenters. The van der Waals surface area contributed by atoms with Crippen LogP contribution in [0.25, 0.3) is 0 Å². The monoisotopic (exact) mass is 790 g/mol. The van der Waals surface area contributed by atoms with Crippen LogP contribution in [0, 0.1) is 10.6 Å². The first kappa shape index (κ1) is 55.9. The van der Waals surface area contributed by atoms with E-state index in [0.29, 0.717) is 5.06 Å². The first-order chi connectivity index (χ1) is 27.5. The van der Waals surface area contributed by atoms with E-state index in [1.807, 2.05) is 0 Å². The van der Waals surface area contributed by atoms with Crippen LogP contribution >= 0.6 is 0 Å². The smallest absolute Gasteiger partial charge is 0.103 e. The fourth-order valence-electron chi connectivity index (χ4n) is 10.2. The van der Waals surface area contributed by atoms with Gasteiger partial charge in [-0.05, 0) is 32.1 Å². The predicted octanol–water partition coefficient (Wildman–Crippen LogP) is 18.8. The third-order valence-corrected chi connectivity index (χ3v) is 14.2. The zero-order chi connectivity index (χ0) is 41.1. The molecule has 0 aromatic carbocycles. The van der Waals surface area contributed by atoms with Crippen LogP contribution in [0.1, 0.15) is 330 Å². The van der Waals surface area contributed by atoms with E-state index in [9.17, 15) is 5.21 Å². The minimum atomic E-state index is -0.109. The molecule has 0 spiro atoms. The van der Waals surface area contributed by atoms with Crippen molar-refractivity contribution in [1.29, 1.82) is 0 Å². The quantitative estimate of drug-likeness (QED) is 0.0482. The van der Waals surface area contributed by atoms with Crippen LogP contribution in [-0.4, -0.2) is 12.1 Å². The van der Waals surface area contributed by atoms with Gasteiger partial charge in [-0.15, -0.1) is 0 Å². The molecule has 0 aromatic rings. The Morgan fingerprint density at radius 1 is 0.268 bits per heavy atom. The molecular formula is C54H111NO. The van der Waals surface area contributed by atoms with Gasteiger partial charge in [-0.3, -0.25) is 0 Å². The summed E-state index contributed by atoms with van der Waals surface area (Å²) in [7, 11) is 0. The van der Waals surface area contributed by atoms with E-state index in [4.69, 9.17) is 0 Å². The second kappa shape index (κ2) is 43.0. The molecular weight excluding hydrogens is 679 g/mol. The van der Waals surface area contributed by atoms with Crippen molar-refractivity contribution < 1.29 is 5.06 Å². The Balaban J connectivity index is 5.74. The van der Waals surface area contributed by atoms with Gasteiger partial charge in [0.2, 0.25) is 0 Å². The minimum Gasteiger partial charge on any atom is -0.634 e. The molecule has 1 N–H and O–H groups in total. The maximum absolute atomic E-state index is 14.9. The zero-order valence-electron chi connectivity index (χ0n) is 40.4. The normalized spacial score (nSPS) is 12.9. The summed E-state index contributed by atoms with van der Waals surface area (Å²) in [5.74, 6) is 0. The number of hydrogen-bond donors (Lipinski definition) is 1. The van der Waals surface area contributed by atoms with Crippen molar-refractivity contribution in [1.82, 2.24) is 0 Å². The predicted molar refractivity (Wildman–Crippen MR) is 256 cm³/mol. The number of rotatable bonds is 48. The molecule has 0 aliphatic heterocycles. The van der Waals surface area contributed by atoms with Gasteiger partial charge < -0.3 is 10.3 Å². The second-order valence-electron chi connectivity index (χ2n) is 19.5. The lowest BCUT2D eigenvalue weighted by Crippen LogP contribution is -3.18. The first-order valence-corrected chi connectivity index (χ1v) is 27.0. The first-order valence-electron chi connectivity index (χ1n) is 27.0. The number of hydrogen-bond acceptors (Lipinski definition) is 1. The molecule has 338 valence electrons. The summed E-state index contributed by atoms with van der Waals surface area (Å²) < 4.78 is 0. The molecule has 0 fully saturated rings. The second-order valence-corrected chi connectivity index (χ2v) is 19.5. The molecule has 0 aliphatic rings. The fraction of sp³-hybridized carbons (Fsp3) is 1.00. The van der Waals surface area contributed by atoms with Crippen molar-refractivity contribution in [2.24, 2.45) is 5.41 Å². The molecule has 0 radical (unpaired) electrons. The number of hydroxylamine groups is 2. The van der Waals surface area contributed by atoms with Gasteiger partial charge >= 0.3 is 0 Å². The highest BCUT2D eigenvalue weighted by Gasteiger charge is 2.51. The van der Waals surface area contributed by atoms with Gasteiger partial charge in [0.1, 0.15) is 5.54 Å². The van der Waals surface area contributed by atoms with E-state index in [1.165, 1.54) is 283 Å². The summed E-state index contributed by atoms with van der Waals surface area (Å²) in [5, 5.41) is 15.5. The highest BCUT2D eigenvalue weighted by atomic mass is 16.5. The lowest BCUT2D eigenvalue weighted by molar-refractivity contribution is -0.917. The molecule has 0 aromatic heterocycles. The van der Waals surface area contributed by atoms with Gasteiger partial charge in [-0.25, -0.2) is 0 Å². The SMILES string of the molecule is CCCCCCCCCCCCC(C)(CCCCCCCCCCCC)C(CCCCCCCCCCCC)(CCCCCCCCCCCC)[NH+]([O-])CCC. The molecule has 0 heterocycles. The van der Waals surface area contributed by atoms with Gasteiger partial charge in [0, 0.05) is 18.3 Å². The maximum atomic E-state index is 14.9. The maximum Gasteiger partial charge on any atom is 0.103 e. The van der Waals surface area contributed by atoms with E-state index in [2.05, 4.69) is 41.5 Å². The van der Waals surface area contributed by atoms with Gasteiger partial charge in [0.05, 0.1) is 6.54 Å². The lowest BCUT2D eigenvalue weighted by atomic mass is 9.60. The van der Waals surface area contributed by atoms with E-state index in [1.54, 1.807) is 0 Å². The summed E-state index contributed by atoms with van der Waals surface area (Å²) in [6.45, 7) is 15.0. The van der Waals surface area contributed by atoms with Crippen LogP contribution in [0.15, 0.2) is 0 Å². The molecule has 2 heteroatoms. The Hall–Kier alpha value is -0.0800. The zero-order valence-corrected chi connectivity index (χ0v) is 40.4. The molecule has 0 rings (SSSR count). The molecule has 0 amide bonds. The molecule has 0 aliphatic carbocycles. The van der Waals surface area contributed by atoms with Crippen molar-refractivity contribution in [2.45, 2.75) is 336 Å². The summed E-state index contributed by atoms with van der Waals surface area (Å²) in [4.78, 5) is 0. The summed E-state index contributed by atoms with van der Waals surface area (Å²) in [6, 6.07) is 0. The van der Waals surface area contributed by atoms with Gasteiger partial charge in [0.15, 0.2) is 0 Å². The van der Waals surface area contributed by atoms with Crippen LogP contribution in [-0.2, 0) is 0 Å². The van der Waals surface area contributed by atoms with Gasteiger partial charge in [-0.2, -0.15) is 0 Å². The van der Waals surface area contributed by atoms with E-state index >= 15 is 0 Å². The van der Waals surface area contributed by atoms with E-state index in [0.717, 1.165) is 13.0 Å². The topological polar surface area (TPSA) is 27.5 Å². The van der Waals surface area contributed by atoms with Crippen LogP contribution in [0.5, 0.6) is 0 Å². The van der Waals surface area contributed by atoms with Crippen LogP contribution in [0.4, 0.5) is 0 Å². The average Bonchev–Trinajstić information content (AvgIpc) is 3.20. The van der Waals surface area contributed by atoms with Gasteiger partial charge in [0.25, 0.3) is 0 Å². The molecule has 0 bridgehead atoms. The number of unbranched alkanes of at least 4 members (excludes halogenated alkanes) is 36. The number of nitrogens with one attached hydrogen (secondary N) is 1. The summed E-state index contributed by atoms with van der Waals surface area (Å²) in [6.07, 6.45) is 61.6. The largest absolute Gasteiger partial charge is 0.634 e. The Labute approximate surface area is 357 Å². The summed E-state index contributed by atoms with van der Waals surface area (Å²) >= 11 is 0. The molecule has 56 heavy (non-hydrogen) atoms. The Morgan fingerprint density at radius 3 is 0.679 bits per heavy atom. The highest BCUT2D eigenvalue weighted by molar-refractivity contribution is 4.97. The van der Waals surface area contributed by atoms with Crippen LogP contribution in [0.3, 0.4) is 0 Å². The van der Waals surface area contributed by atoms with Crippen molar-refractivity contribution >= 4 is 0 Å². The third kappa shape index (κ3) is 30.9. The summed E-state index contributed by atoms with van der Waals surface area (Å²) in [5.41, 5.74) is 0.0417.